The van der Waals surface area contributed by atoms with Gasteiger partial charge in [0.1, 0.15) is 11.5 Å². The summed E-state index contributed by atoms with van der Waals surface area (Å²) in [6, 6.07) is 19.7. The Balaban J connectivity index is 1.89. The van der Waals surface area contributed by atoms with Crippen molar-refractivity contribution in [3.8, 4) is 5.75 Å². The molecule has 4 rings (SSSR count). The summed E-state index contributed by atoms with van der Waals surface area (Å²) in [4.78, 5) is 30.6. The van der Waals surface area contributed by atoms with Gasteiger partial charge in [-0.05, 0) is 86.8 Å². The fraction of sp³-hybridized carbons (Fsp3) is 0.267. The van der Waals surface area contributed by atoms with Crippen LogP contribution >= 0.6 is 0 Å². The minimum Gasteiger partial charge on any atom is -0.507 e. The van der Waals surface area contributed by atoms with Gasteiger partial charge < -0.3 is 14.7 Å². The van der Waals surface area contributed by atoms with Crippen LogP contribution in [0.5, 0.6) is 5.75 Å². The van der Waals surface area contributed by atoms with Gasteiger partial charge in [-0.15, -0.1) is 0 Å². The average Bonchev–Trinajstić information content (AvgIpc) is 3.15. The van der Waals surface area contributed by atoms with Gasteiger partial charge in [-0.25, -0.2) is 0 Å². The van der Waals surface area contributed by atoms with Gasteiger partial charge in [-0.1, -0.05) is 24.3 Å². The first-order valence-corrected chi connectivity index (χ1v) is 12.2. The molecular formula is C30H32N2O4. The molecule has 1 aliphatic rings. The molecule has 6 heteroatoms. The van der Waals surface area contributed by atoms with Gasteiger partial charge in [0.05, 0.1) is 18.7 Å². The van der Waals surface area contributed by atoms with Gasteiger partial charge in [0.15, 0.2) is 0 Å². The molecule has 3 aromatic carbocycles. The summed E-state index contributed by atoms with van der Waals surface area (Å²) in [5.41, 5.74) is 4.71. The van der Waals surface area contributed by atoms with Crippen molar-refractivity contribution in [1.82, 2.24) is 0 Å². The lowest BCUT2D eigenvalue weighted by molar-refractivity contribution is -0.132. The molecule has 1 N–H and O–H groups in total. The quantitative estimate of drug-likeness (QED) is 0.261. The van der Waals surface area contributed by atoms with E-state index in [4.69, 9.17) is 4.74 Å². The summed E-state index contributed by atoms with van der Waals surface area (Å²) < 4.78 is 5.34. The number of amides is 1. The van der Waals surface area contributed by atoms with Gasteiger partial charge in [0, 0.05) is 30.0 Å². The van der Waals surface area contributed by atoms with Crippen LogP contribution in [0.1, 0.15) is 42.1 Å². The van der Waals surface area contributed by atoms with Gasteiger partial charge in [-0.3, -0.25) is 14.5 Å². The van der Waals surface area contributed by atoms with E-state index in [1.165, 1.54) is 4.90 Å². The molecule has 1 fully saturated rings. The van der Waals surface area contributed by atoms with E-state index in [0.717, 1.165) is 35.5 Å². The van der Waals surface area contributed by atoms with E-state index in [-0.39, 0.29) is 11.3 Å². The summed E-state index contributed by atoms with van der Waals surface area (Å²) in [5, 5.41) is 11.4. The molecule has 0 aromatic heterocycles. The van der Waals surface area contributed by atoms with E-state index in [9.17, 15) is 14.7 Å². The fourth-order valence-electron chi connectivity index (χ4n) is 4.88. The molecule has 1 aliphatic heterocycles. The van der Waals surface area contributed by atoms with E-state index >= 15 is 0 Å². The molecule has 1 atom stereocenters. The zero-order valence-corrected chi connectivity index (χ0v) is 21.4. The number of aliphatic hydroxyl groups excluding tert-OH is 1. The molecule has 6 nitrogen and oxygen atoms in total. The normalized spacial score (nSPS) is 16.9. The first-order valence-electron chi connectivity index (χ1n) is 12.2. The van der Waals surface area contributed by atoms with Crippen LogP contribution in [0.2, 0.25) is 0 Å². The van der Waals surface area contributed by atoms with Crippen molar-refractivity contribution < 1.29 is 19.4 Å². The van der Waals surface area contributed by atoms with Gasteiger partial charge >= 0.3 is 0 Å². The number of nitrogens with zero attached hydrogens (tertiary/aromatic N) is 2. The lowest BCUT2D eigenvalue weighted by atomic mass is 9.92. The molecular weight excluding hydrogens is 452 g/mol. The van der Waals surface area contributed by atoms with Crippen molar-refractivity contribution in [3.63, 3.8) is 0 Å². The summed E-state index contributed by atoms with van der Waals surface area (Å²) in [5.74, 6) is -0.891. The van der Waals surface area contributed by atoms with Crippen molar-refractivity contribution in [3.05, 3.63) is 94.6 Å². The van der Waals surface area contributed by atoms with Crippen LogP contribution in [0.15, 0.2) is 72.3 Å². The van der Waals surface area contributed by atoms with E-state index in [0.29, 0.717) is 17.0 Å². The first kappa shape index (κ1) is 25.0. The summed E-state index contributed by atoms with van der Waals surface area (Å²) in [7, 11) is 1.58. The molecule has 1 heterocycles. The second-order valence-corrected chi connectivity index (χ2v) is 8.90. The van der Waals surface area contributed by atoms with E-state index < -0.39 is 17.7 Å². The molecule has 0 radical (unpaired) electrons. The van der Waals surface area contributed by atoms with Crippen LogP contribution in [0.4, 0.5) is 11.4 Å². The van der Waals surface area contributed by atoms with Crippen molar-refractivity contribution in [2.75, 3.05) is 30.0 Å². The molecule has 0 spiro atoms. The number of aryl methyl sites for hydroxylation is 2. The number of methoxy groups -OCH3 is 1. The third-order valence-electron chi connectivity index (χ3n) is 6.85. The van der Waals surface area contributed by atoms with Crippen molar-refractivity contribution in [2.45, 2.75) is 33.7 Å². The highest BCUT2D eigenvalue weighted by atomic mass is 16.5. The molecule has 0 aliphatic carbocycles. The number of ketones is 1. The first-order chi connectivity index (χ1) is 17.3. The maximum Gasteiger partial charge on any atom is 0.300 e. The van der Waals surface area contributed by atoms with Crippen molar-refractivity contribution >= 4 is 28.8 Å². The number of benzene rings is 3. The Labute approximate surface area is 212 Å². The highest BCUT2D eigenvalue weighted by Crippen LogP contribution is 2.43. The summed E-state index contributed by atoms with van der Waals surface area (Å²) in [6.07, 6.45) is 0. The standard InChI is InChI=1S/C30H32N2O4/c1-6-31(7-2)22-13-15-23(16-14-22)32-27(24-11-9-8-10-19(24)3)26(29(34)30(32)35)28(33)21-12-17-25(36-5)20(4)18-21/h8-18,27,33H,6-7H2,1-5H3/b28-26+. The Kier molecular flexibility index (Phi) is 7.15. The van der Waals surface area contributed by atoms with Crippen LogP contribution in [-0.2, 0) is 9.59 Å². The van der Waals surface area contributed by atoms with Crippen LogP contribution in [-0.4, -0.2) is 37.0 Å². The lowest BCUT2D eigenvalue weighted by Gasteiger charge is -2.27. The fourth-order valence-corrected chi connectivity index (χ4v) is 4.88. The maximum absolute atomic E-state index is 13.4. The van der Waals surface area contributed by atoms with Crippen molar-refractivity contribution in [1.29, 1.82) is 0 Å². The number of carbonyl (C=O) groups excluding carboxylic acids is 2. The van der Waals surface area contributed by atoms with Gasteiger partial charge in [0.2, 0.25) is 0 Å². The number of hydrogen-bond donors (Lipinski definition) is 1. The Morgan fingerprint density at radius 1 is 0.944 bits per heavy atom. The molecule has 0 saturated carbocycles. The third-order valence-corrected chi connectivity index (χ3v) is 6.85. The number of anilines is 2. The number of ether oxygens (including phenoxy) is 1. The predicted octanol–water partition coefficient (Wildman–Crippen LogP) is 5.78. The Bertz CT molecular complexity index is 1320. The second kappa shape index (κ2) is 10.3. The molecule has 0 bridgehead atoms. The van der Waals surface area contributed by atoms with Crippen LogP contribution in [0.25, 0.3) is 5.76 Å². The highest BCUT2D eigenvalue weighted by Gasteiger charge is 2.47. The van der Waals surface area contributed by atoms with E-state index in [1.807, 2.05) is 62.4 Å². The predicted molar refractivity (Wildman–Crippen MR) is 144 cm³/mol. The number of rotatable bonds is 7. The van der Waals surface area contributed by atoms with Gasteiger partial charge in [-0.2, -0.15) is 0 Å². The molecule has 186 valence electrons. The van der Waals surface area contributed by atoms with E-state index in [2.05, 4.69) is 18.7 Å². The Morgan fingerprint density at radius 3 is 2.19 bits per heavy atom. The highest BCUT2D eigenvalue weighted by molar-refractivity contribution is 6.51. The largest absolute Gasteiger partial charge is 0.507 e. The molecule has 36 heavy (non-hydrogen) atoms. The molecule has 1 saturated heterocycles. The summed E-state index contributed by atoms with van der Waals surface area (Å²) >= 11 is 0. The van der Waals surface area contributed by atoms with E-state index in [1.54, 1.807) is 25.3 Å². The minimum atomic E-state index is -0.757. The lowest BCUT2D eigenvalue weighted by Crippen LogP contribution is -2.30. The minimum absolute atomic E-state index is 0.0756. The van der Waals surface area contributed by atoms with Crippen LogP contribution < -0.4 is 14.5 Å². The second-order valence-electron chi connectivity index (χ2n) is 8.90. The Hall–Kier alpha value is -4.06. The third kappa shape index (κ3) is 4.35. The smallest absolute Gasteiger partial charge is 0.300 e. The number of Topliss-reactive ketones (excluding diaryl/α,β-unsaturated/α-hetero) is 1. The average molecular weight is 485 g/mol. The zero-order valence-electron chi connectivity index (χ0n) is 21.4. The molecule has 1 amide bonds. The van der Waals surface area contributed by atoms with Crippen molar-refractivity contribution in [2.24, 2.45) is 0 Å². The maximum atomic E-state index is 13.4. The SMILES string of the molecule is CCN(CC)c1ccc(N2C(=O)C(=O)/C(=C(/O)c3ccc(OC)c(C)c3)C2c2ccccc2C)cc1. The Morgan fingerprint density at radius 2 is 1.61 bits per heavy atom. The molecule has 3 aromatic rings. The zero-order chi connectivity index (χ0) is 26.0. The summed E-state index contributed by atoms with van der Waals surface area (Å²) in [6.45, 7) is 9.72. The monoisotopic (exact) mass is 484 g/mol. The topological polar surface area (TPSA) is 70.1 Å². The number of hydrogen-bond acceptors (Lipinski definition) is 5. The number of carbonyl (C=O) groups is 2. The number of aliphatic hydroxyl groups is 1. The van der Waals surface area contributed by atoms with Gasteiger partial charge in [0.25, 0.3) is 11.7 Å². The van der Waals surface area contributed by atoms with Crippen LogP contribution in [0, 0.1) is 13.8 Å². The molecule has 1 unspecified atom stereocenters. The van der Waals surface area contributed by atoms with Crippen LogP contribution in [0.3, 0.4) is 0 Å².